The molecule has 1 saturated heterocycles. The molecule has 0 amide bonds. The maximum absolute atomic E-state index is 9.61. The average Bonchev–Trinajstić information content (AvgIpc) is 2.48. The summed E-state index contributed by atoms with van der Waals surface area (Å²) < 4.78 is 0. The number of likely N-dealkylation sites (tertiary alicyclic amines) is 1. The molecule has 0 bridgehead atoms. The van der Waals surface area contributed by atoms with Crippen LogP contribution in [0.15, 0.2) is 4.99 Å². The van der Waals surface area contributed by atoms with Crippen LogP contribution in [0.1, 0.15) is 6.42 Å². The molecule has 1 heterocycles. The van der Waals surface area contributed by atoms with E-state index in [1.807, 2.05) is 0 Å². The van der Waals surface area contributed by atoms with Crippen LogP contribution in [0.4, 0.5) is 0 Å². The number of aliphatic hydroxyl groups is 2. The lowest BCUT2D eigenvalue weighted by Gasteiger charge is -2.21. The molecule has 4 N–H and O–H groups in total. The van der Waals surface area contributed by atoms with Crippen LogP contribution in [0.25, 0.3) is 0 Å². The van der Waals surface area contributed by atoms with Crippen molar-refractivity contribution < 1.29 is 10.2 Å². The van der Waals surface area contributed by atoms with E-state index in [2.05, 4.69) is 4.99 Å². The molecule has 1 aliphatic rings. The molecule has 0 saturated carbocycles. The van der Waals surface area contributed by atoms with E-state index in [1.165, 1.54) is 0 Å². The highest BCUT2D eigenvalue weighted by molar-refractivity contribution is 5.78. The van der Waals surface area contributed by atoms with Crippen LogP contribution >= 0.6 is 0 Å². The van der Waals surface area contributed by atoms with Crippen LogP contribution in [0.3, 0.4) is 0 Å². The molecule has 1 unspecified atom stereocenters. The summed E-state index contributed by atoms with van der Waals surface area (Å²) in [6.45, 7) is 0.799. The number of nitrogens with two attached hydrogens (primary N) is 1. The van der Waals surface area contributed by atoms with Crippen molar-refractivity contribution in [3.8, 4) is 0 Å². The first kappa shape index (κ1) is 9.28. The summed E-state index contributed by atoms with van der Waals surface area (Å²) in [7, 11) is 1.60. The predicted octanol–water partition coefficient (Wildman–Crippen LogP) is -1.64. The molecule has 0 aliphatic carbocycles. The fraction of sp³-hybridized carbons (Fsp3) is 0.857. The molecule has 0 aromatic rings. The van der Waals surface area contributed by atoms with Crippen LogP contribution in [0, 0.1) is 0 Å². The first-order valence-electron chi connectivity index (χ1n) is 3.92. The molecule has 0 aromatic heterocycles. The summed E-state index contributed by atoms with van der Waals surface area (Å²) in [6, 6.07) is 0. The van der Waals surface area contributed by atoms with Gasteiger partial charge >= 0.3 is 0 Å². The molecule has 12 heavy (non-hydrogen) atoms. The van der Waals surface area contributed by atoms with Crippen molar-refractivity contribution in [3.05, 3.63) is 0 Å². The van der Waals surface area contributed by atoms with E-state index >= 15 is 0 Å². The Labute approximate surface area is 71.5 Å². The van der Waals surface area contributed by atoms with Gasteiger partial charge in [-0.2, -0.15) is 0 Å². The van der Waals surface area contributed by atoms with Crippen LogP contribution in [-0.2, 0) is 0 Å². The van der Waals surface area contributed by atoms with E-state index in [-0.39, 0.29) is 6.61 Å². The fourth-order valence-corrected chi connectivity index (χ4v) is 1.32. The van der Waals surface area contributed by atoms with Crippen molar-refractivity contribution in [2.24, 2.45) is 10.7 Å². The lowest BCUT2D eigenvalue weighted by molar-refractivity contribution is -0.00142. The van der Waals surface area contributed by atoms with Gasteiger partial charge in [-0.3, -0.25) is 4.99 Å². The second-order valence-electron chi connectivity index (χ2n) is 3.14. The van der Waals surface area contributed by atoms with Gasteiger partial charge in [0.25, 0.3) is 0 Å². The van der Waals surface area contributed by atoms with Crippen molar-refractivity contribution in [1.82, 2.24) is 4.90 Å². The van der Waals surface area contributed by atoms with Gasteiger partial charge in [0.05, 0.1) is 13.2 Å². The van der Waals surface area contributed by atoms with Crippen LogP contribution in [0.2, 0.25) is 0 Å². The quantitative estimate of drug-likeness (QED) is 0.328. The third-order valence-electron chi connectivity index (χ3n) is 2.18. The Morgan fingerprint density at radius 3 is 2.83 bits per heavy atom. The number of rotatable bonds is 1. The van der Waals surface area contributed by atoms with Gasteiger partial charge in [-0.15, -0.1) is 0 Å². The number of guanidine groups is 1. The Morgan fingerprint density at radius 2 is 2.42 bits per heavy atom. The Balaban J connectivity index is 2.56. The van der Waals surface area contributed by atoms with E-state index < -0.39 is 5.60 Å². The minimum Gasteiger partial charge on any atom is -0.393 e. The molecule has 0 spiro atoms. The van der Waals surface area contributed by atoms with Crippen molar-refractivity contribution in [2.75, 3.05) is 26.7 Å². The SMILES string of the molecule is CN=C(N)N1CCC(O)(CO)C1. The van der Waals surface area contributed by atoms with Crippen molar-refractivity contribution in [1.29, 1.82) is 0 Å². The summed E-state index contributed by atoms with van der Waals surface area (Å²) >= 11 is 0. The first-order valence-corrected chi connectivity index (χ1v) is 3.92. The summed E-state index contributed by atoms with van der Waals surface area (Å²) in [4.78, 5) is 5.56. The normalized spacial score (nSPS) is 31.2. The lowest BCUT2D eigenvalue weighted by Crippen LogP contribution is -2.41. The highest BCUT2D eigenvalue weighted by Gasteiger charge is 2.36. The second-order valence-corrected chi connectivity index (χ2v) is 3.14. The fourth-order valence-electron chi connectivity index (χ4n) is 1.32. The maximum atomic E-state index is 9.61. The van der Waals surface area contributed by atoms with Gasteiger partial charge in [0, 0.05) is 13.6 Å². The molecule has 5 heteroatoms. The monoisotopic (exact) mass is 173 g/mol. The molecular weight excluding hydrogens is 158 g/mol. The molecule has 0 radical (unpaired) electrons. The van der Waals surface area contributed by atoms with E-state index in [4.69, 9.17) is 10.8 Å². The number of aliphatic hydroxyl groups excluding tert-OH is 1. The number of nitrogens with zero attached hydrogens (tertiary/aromatic N) is 2. The van der Waals surface area contributed by atoms with Gasteiger partial charge in [-0.25, -0.2) is 0 Å². The summed E-state index contributed by atoms with van der Waals surface area (Å²) in [5.41, 5.74) is 4.55. The molecule has 1 atom stereocenters. The molecule has 70 valence electrons. The minimum absolute atomic E-state index is 0.222. The molecule has 5 nitrogen and oxygen atoms in total. The zero-order chi connectivity index (χ0) is 9.19. The third kappa shape index (κ3) is 1.67. The minimum atomic E-state index is -0.991. The largest absolute Gasteiger partial charge is 0.393 e. The summed E-state index contributed by atoms with van der Waals surface area (Å²) in [5, 5.41) is 18.5. The molecule has 1 aliphatic heterocycles. The van der Waals surface area contributed by atoms with E-state index in [9.17, 15) is 5.11 Å². The predicted molar refractivity (Wildman–Crippen MR) is 45.8 cm³/mol. The Bertz CT molecular complexity index is 195. The zero-order valence-electron chi connectivity index (χ0n) is 7.19. The Hall–Kier alpha value is -0.810. The van der Waals surface area contributed by atoms with Gasteiger partial charge in [0.2, 0.25) is 0 Å². The second kappa shape index (κ2) is 3.28. The maximum Gasteiger partial charge on any atom is 0.191 e. The van der Waals surface area contributed by atoms with Gasteiger partial charge in [0.15, 0.2) is 5.96 Å². The van der Waals surface area contributed by atoms with E-state index in [0.717, 1.165) is 0 Å². The van der Waals surface area contributed by atoms with Crippen LogP contribution < -0.4 is 5.73 Å². The summed E-state index contributed by atoms with van der Waals surface area (Å²) in [6.07, 6.45) is 0.541. The van der Waals surface area contributed by atoms with Crippen LogP contribution in [-0.4, -0.2) is 53.4 Å². The van der Waals surface area contributed by atoms with Gasteiger partial charge in [-0.05, 0) is 6.42 Å². The zero-order valence-corrected chi connectivity index (χ0v) is 7.19. The molecule has 1 fully saturated rings. The third-order valence-corrected chi connectivity index (χ3v) is 2.18. The van der Waals surface area contributed by atoms with Crippen molar-refractivity contribution >= 4 is 5.96 Å². The molecular formula is C7H15N3O2. The highest BCUT2D eigenvalue weighted by Crippen LogP contribution is 2.19. The first-order chi connectivity index (χ1) is 5.61. The standard InChI is InChI=1S/C7H15N3O2/c1-9-6(8)10-3-2-7(12,4-10)5-11/h11-12H,2-5H2,1H3,(H2,8,9). The number of hydrogen-bond acceptors (Lipinski definition) is 3. The van der Waals surface area contributed by atoms with E-state index in [1.54, 1.807) is 11.9 Å². The highest BCUT2D eigenvalue weighted by atomic mass is 16.3. The van der Waals surface area contributed by atoms with Gasteiger partial charge in [0.1, 0.15) is 5.60 Å². The molecule has 0 aromatic carbocycles. The van der Waals surface area contributed by atoms with Crippen molar-refractivity contribution in [3.63, 3.8) is 0 Å². The number of hydrogen-bond donors (Lipinski definition) is 3. The smallest absolute Gasteiger partial charge is 0.191 e. The van der Waals surface area contributed by atoms with Gasteiger partial charge < -0.3 is 20.8 Å². The van der Waals surface area contributed by atoms with Gasteiger partial charge in [-0.1, -0.05) is 0 Å². The van der Waals surface area contributed by atoms with E-state index in [0.29, 0.717) is 25.5 Å². The average molecular weight is 173 g/mol. The lowest BCUT2D eigenvalue weighted by atomic mass is 10.1. The number of β-amino-alcohol motifs (C(OH)–C–C–N with tert-alkyl or cyclic N) is 1. The molecule has 1 rings (SSSR count). The van der Waals surface area contributed by atoms with Crippen molar-refractivity contribution in [2.45, 2.75) is 12.0 Å². The Morgan fingerprint density at radius 1 is 1.75 bits per heavy atom. The Kier molecular flexibility index (Phi) is 2.54. The number of aliphatic imine (C=N–C) groups is 1. The topological polar surface area (TPSA) is 82.1 Å². The summed E-state index contributed by atoms with van der Waals surface area (Å²) in [5.74, 6) is 0.416. The van der Waals surface area contributed by atoms with Crippen LogP contribution in [0.5, 0.6) is 0 Å².